The Balaban J connectivity index is 2.02. The summed E-state index contributed by atoms with van der Waals surface area (Å²) in [5, 5.41) is 0. The quantitative estimate of drug-likeness (QED) is 0.708. The van der Waals surface area contributed by atoms with Gasteiger partial charge in [-0.3, -0.25) is 9.69 Å². The van der Waals surface area contributed by atoms with Crippen molar-refractivity contribution >= 4 is 5.78 Å². The van der Waals surface area contributed by atoms with Gasteiger partial charge in [0.05, 0.1) is 12.1 Å². The van der Waals surface area contributed by atoms with Crippen LogP contribution in [0.25, 0.3) is 0 Å². The first-order chi connectivity index (χ1) is 7.12. The van der Waals surface area contributed by atoms with Gasteiger partial charge >= 0.3 is 0 Å². The minimum absolute atomic E-state index is 0.139. The van der Waals surface area contributed by atoms with Crippen LogP contribution in [0.3, 0.4) is 0 Å². The molecule has 0 aromatic carbocycles. The number of ketones is 1. The summed E-state index contributed by atoms with van der Waals surface area (Å²) in [4.78, 5) is 14.7. The highest BCUT2D eigenvalue weighted by Gasteiger charge is 2.40. The summed E-state index contributed by atoms with van der Waals surface area (Å²) in [6, 6.07) is 0. The van der Waals surface area contributed by atoms with E-state index in [4.69, 9.17) is 4.74 Å². The van der Waals surface area contributed by atoms with Crippen molar-refractivity contribution in [1.29, 1.82) is 0 Å². The van der Waals surface area contributed by atoms with Crippen molar-refractivity contribution in [2.24, 2.45) is 5.92 Å². The Labute approximate surface area is 91.8 Å². The van der Waals surface area contributed by atoms with Gasteiger partial charge < -0.3 is 4.74 Å². The zero-order valence-corrected chi connectivity index (χ0v) is 9.79. The van der Waals surface area contributed by atoms with Gasteiger partial charge in [0.2, 0.25) is 0 Å². The van der Waals surface area contributed by atoms with E-state index in [-0.39, 0.29) is 11.5 Å². The van der Waals surface area contributed by atoms with Crippen molar-refractivity contribution in [2.45, 2.75) is 38.6 Å². The van der Waals surface area contributed by atoms with Crippen molar-refractivity contribution in [1.82, 2.24) is 4.90 Å². The molecule has 0 radical (unpaired) electrons. The summed E-state index contributed by atoms with van der Waals surface area (Å²) in [7, 11) is 0. The zero-order chi connectivity index (χ0) is 10.9. The van der Waals surface area contributed by atoms with Crippen LogP contribution in [-0.4, -0.2) is 42.5 Å². The molecule has 1 unspecified atom stereocenters. The number of ether oxygens (including phenoxy) is 1. The number of hydrogen-bond donors (Lipinski definition) is 0. The first-order valence-electron chi connectivity index (χ1n) is 5.99. The van der Waals surface area contributed by atoms with Crippen molar-refractivity contribution < 1.29 is 9.53 Å². The summed E-state index contributed by atoms with van der Waals surface area (Å²) >= 11 is 0. The van der Waals surface area contributed by atoms with Gasteiger partial charge in [-0.25, -0.2) is 0 Å². The van der Waals surface area contributed by atoms with Crippen LogP contribution in [-0.2, 0) is 9.53 Å². The molecule has 0 amide bonds. The maximum absolute atomic E-state index is 12.3. The summed E-state index contributed by atoms with van der Waals surface area (Å²) in [5.74, 6) is 0.516. The lowest BCUT2D eigenvalue weighted by Crippen LogP contribution is -2.51. The van der Waals surface area contributed by atoms with Gasteiger partial charge in [-0.15, -0.1) is 0 Å². The van der Waals surface area contributed by atoms with Gasteiger partial charge in [-0.1, -0.05) is 0 Å². The number of Topliss-reactive ketones (excluding diaryl/α,β-unsaturated/α-hetero) is 1. The smallest absolute Gasteiger partial charge is 0.157 e. The van der Waals surface area contributed by atoms with E-state index in [0.29, 0.717) is 12.4 Å². The molecule has 0 aromatic heterocycles. The number of carbonyl (C=O) groups is 1. The monoisotopic (exact) mass is 211 g/mol. The van der Waals surface area contributed by atoms with E-state index in [1.165, 1.54) is 12.8 Å². The van der Waals surface area contributed by atoms with E-state index >= 15 is 0 Å². The average Bonchev–Trinajstić information content (AvgIpc) is 2.89. The van der Waals surface area contributed by atoms with Crippen molar-refractivity contribution in [3.63, 3.8) is 0 Å². The molecule has 15 heavy (non-hydrogen) atoms. The summed E-state index contributed by atoms with van der Waals surface area (Å²) in [6.45, 7) is 7.68. The number of carbonyl (C=O) groups excluding carboxylic acids is 1. The third-order valence-electron chi connectivity index (χ3n) is 3.80. The van der Waals surface area contributed by atoms with Gasteiger partial charge in [-0.05, 0) is 46.2 Å². The largest absolute Gasteiger partial charge is 0.381 e. The number of likely N-dealkylation sites (tertiary alicyclic amines) is 1. The maximum Gasteiger partial charge on any atom is 0.157 e. The number of rotatable bonds is 3. The standard InChI is InChI=1S/C12H21NO2/c1-12(2,13-6-3-4-7-13)11(14)10-5-8-15-9-10/h10H,3-9H2,1-2H3. The van der Waals surface area contributed by atoms with Crippen LogP contribution < -0.4 is 0 Å². The number of hydrogen-bond acceptors (Lipinski definition) is 3. The molecular formula is C12H21NO2. The molecule has 0 aromatic rings. The second kappa shape index (κ2) is 4.22. The molecule has 3 nitrogen and oxygen atoms in total. The highest BCUT2D eigenvalue weighted by molar-refractivity contribution is 5.90. The van der Waals surface area contributed by atoms with Crippen LogP contribution in [0.15, 0.2) is 0 Å². The fourth-order valence-corrected chi connectivity index (χ4v) is 2.67. The van der Waals surface area contributed by atoms with Crippen LogP contribution in [0.1, 0.15) is 33.1 Å². The predicted molar refractivity (Wildman–Crippen MR) is 58.8 cm³/mol. The lowest BCUT2D eigenvalue weighted by atomic mass is 9.87. The third-order valence-corrected chi connectivity index (χ3v) is 3.80. The van der Waals surface area contributed by atoms with Gasteiger partial charge in [0.25, 0.3) is 0 Å². The highest BCUT2D eigenvalue weighted by atomic mass is 16.5. The molecule has 2 saturated heterocycles. The van der Waals surface area contributed by atoms with Crippen LogP contribution in [0.5, 0.6) is 0 Å². The van der Waals surface area contributed by atoms with Crippen LogP contribution in [0.4, 0.5) is 0 Å². The second-order valence-corrected chi connectivity index (χ2v) is 5.18. The Morgan fingerprint density at radius 2 is 2.00 bits per heavy atom. The molecule has 0 N–H and O–H groups in total. The predicted octanol–water partition coefficient (Wildman–Crippen LogP) is 1.47. The molecule has 2 aliphatic rings. The maximum atomic E-state index is 12.3. The highest BCUT2D eigenvalue weighted by Crippen LogP contribution is 2.27. The Morgan fingerprint density at radius 1 is 1.33 bits per heavy atom. The molecule has 0 aliphatic carbocycles. The SMILES string of the molecule is CC(C)(C(=O)C1CCOC1)N1CCCC1. The summed E-state index contributed by atoms with van der Waals surface area (Å²) in [6.07, 6.45) is 3.38. The Kier molecular flexibility index (Phi) is 3.12. The summed E-state index contributed by atoms with van der Waals surface area (Å²) in [5.41, 5.74) is -0.283. The van der Waals surface area contributed by atoms with E-state index in [1.54, 1.807) is 0 Å². The lowest BCUT2D eigenvalue weighted by molar-refractivity contribution is -0.133. The van der Waals surface area contributed by atoms with Crippen LogP contribution >= 0.6 is 0 Å². The topological polar surface area (TPSA) is 29.5 Å². The van der Waals surface area contributed by atoms with Crippen molar-refractivity contribution in [3.05, 3.63) is 0 Å². The first-order valence-corrected chi connectivity index (χ1v) is 5.99. The Hall–Kier alpha value is -0.410. The lowest BCUT2D eigenvalue weighted by Gasteiger charge is -2.35. The molecular weight excluding hydrogens is 190 g/mol. The van der Waals surface area contributed by atoms with Crippen molar-refractivity contribution in [2.75, 3.05) is 26.3 Å². The van der Waals surface area contributed by atoms with Gasteiger partial charge in [0.1, 0.15) is 0 Å². The van der Waals surface area contributed by atoms with Gasteiger partial charge in [-0.2, -0.15) is 0 Å². The minimum atomic E-state index is -0.283. The molecule has 0 spiro atoms. The molecule has 86 valence electrons. The molecule has 3 heteroatoms. The van der Waals surface area contributed by atoms with E-state index in [2.05, 4.69) is 18.7 Å². The third kappa shape index (κ3) is 2.08. The van der Waals surface area contributed by atoms with Gasteiger partial charge in [0.15, 0.2) is 5.78 Å². The molecule has 2 heterocycles. The second-order valence-electron chi connectivity index (χ2n) is 5.18. The molecule has 2 rings (SSSR count). The fourth-order valence-electron chi connectivity index (χ4n) is 2.67. The van der Waals surface area contributed by atoms with E-state index in [1.807, 2.05) is 0 Å². The fraction of sp³-hybridized carbons (Fsp3) is 0.917. The minimum Gasteiger partial charge on any atom is -0.381 e. The van der Waals surface area contributed by atoms with Crippen LogP contribution in [0.2, 0.25) is 0 Å². The van der Waals surface area contributed by atoms with Crippen molar-refractivity contribution in [3.8, 4) is 0 Å². The molecule has 2 aliphatic heterocycles. The van der Waals surface area contributed by atoms with E-state index in [0.717, 1.165) is 26.1 Å². The molecule has 2 fully saturated rings. The van der Waals surface area contributed by atoms with Crippen LogP contribution in [0, 0.1) is 5.92 Å². The number of nitrogens with zero attached hydrogens (tertiary/aromatic N) is 1. The molecule has 1 atom stereocenters. The van der Waals surface area contributed by atoms with E-state index in [9.17, 15) is 4.79 Å². The van der Waals surface area contributed by atoms with E-state index < -0.39 is 0 Å². The Bertz CT molecular complexity index is 238. The average molecular weight is 211 g/mol. The normalized spacial score (nSPS) is 28.5. The first kappa shape index (κ1) is 11.1. The Morgan fingerprint density at radius 3 is 2.53 bits per heavy atom. The van der Waals surface area contributed by atoms with Gasteiger partial charge in [0, 0.05) is 12.5 Å². The molecule has 0 bridgehead atoms. The summed E-state index contributed by atoms with van der Waals surface area (Å²) < 4.78 is 5.30. The zero-order valence-electron chi connectivity index (χ0n) is 9.79. The molecule has 0 saturated carbocycles.